The monoisotopic (exact) mass is 409 g/mol. The molecule has 1 atom stereocenters. The number of amides is 1. The zero-order valence-electron chi connectivity index (χ0n) is 18.4. The second kappa shape index (κ2) is 8.60. The lowest BCUT2D eigenvalue weighted by atomic mass is 10.0. The van der Waals surface area contributed by atoms with E-state index in [0.29, 0.717) is 6.54 Å². The largest absolute Gasteiger partial charge is 0.496 e. The van der Waals surface area contributed by atoms with Gasteiger partial charge in [0.15, 0.2) is 0 Å². The third-order valence-electron chi connectivity index (χ3n) is 6.23. The summed E-state index contributed by atoms with van der Waals surface area (Å²) >= 11 is 0. The number of benzene rings is 1. The summed E-state index contributed by atoms with van der Waals surface area (Å²) in [5.74, 6) is 3.07. The van der Waals surface area contributed by atoms with Crippen LogP contribution in [0.3, 0.4) is 0 Å². The molecule has 7 heteroatoms. The number of rotatable bonds is 5. The van der Waals surface area contributed by atoms with Gasteiger partial charge in [0.2, 0.25) is 5.91 Å². The highest BCUT2D eigenvalue weighted by Crippen LogP contribution is 2.31. The molecule has 1 amide bonds. The number of aromatic nitrogens is 2. The third-order valence-corrected chi connectivity index (χ3v) is 6.23. The summed E-state index contributed by atoms with van der Waals surface area (Å²) < 4.78 is 5.60. The fraction of sp³-hybridized carbons (Fsp3) is 0.522. The number of likely N-dealkylation sites (tertiary alicyclic amines) is 1. The summed E-state index contributed by atoms with van der Waals surface area (Å²) in [4.78, 5) is 25.8. The molecule has 2 aliphatic heterocycles. The van der Waals surface area contributed by atoms with Crippen molar-refractivity contribution in [2.75, 3.05) is 39.1 Å². The Kier molecular flexibility index (Phi) is 5.90. The van der Waals surface area contributed by atoms with Crippen molar-refractivity contribution >= 4 is 11.7 Å². The maximum Gasteiger partial charge on any atom is 0.219 e. The zero-order valence-corrected chi connectivity index (χ0v) is 18.4. The zero-order chi connectivity index (χ0) is 21.3. The van der Waals surface area contributed by atoms with Gasteiger partial charge in [-0.25, -0.2) is 9.97 Å². The number of methoxy groups -OCH3 is 1. The van der Waals surface area contributed by atoms with E-state index in [4.69, 9.17) is 14.7 Å². The first-order chi connectivity index (χ1) is 14.5. The standard InChI is InChI=1S/C23H31N5O2/c1-15-5-6-17(21(11-15)30-4)12-27-9-8-19-20(14-27)25-22(26-23(19)24-3)18-7-10-28(13-18)16(2)29/h5-6,11,18H,7-10,12-14H2,1-4H3,(H,24,25,26)/t18-/m0/s1. The van der Waals surface area contributed by atoms with E-state index in [1.807, 2.05) is 11.9 Å². The molecule has 1 fully saturated rings. The molecule has 1 aromatic heterocycles. The minimum absolute atomic E-state index is 0.127. The summed E-state index contributed by atoms with van der Waals surface area (Å²) in [6, 6.07) is 6.38. The van der Waals surface area contributed by atoms with E-state index in [0.717, 1.165) is 62.1 Å². The predicted molar refractivity (Wildman–Crippen MR) is 117 cm³/mol. The second-order valence-corrected chi connectivity index (χ2v) is 8.33. The molecule has 0 radical (unpaired) electrons. The molecular formula is C23H31N5O2. The first-order valence-corrected chi connectivity index (χ1v) is 10.7. The lowest BCUT2D eigenvalue weighted by Gasteiger charge is -2.30. The van der Waals surface area contributed by atoms with Crippen molar-refractivity contribution in [2.24, 2.45) is 0 Å². The first kappa shape index (κ1) is 20.6. The van der Waals surface area contributed by atoms with E-state index >= 15 is 0 Å². The highest BCUT2D eigenvalue weighted by atomic mass is 16.5. The van der Waals surface area contributed by atoms with Crippen LogP contribution in [0.25, 0.3) is 0 Å². The van der Waals surface area contributed by atoms with E-state index in [1.165, 1.54) is 16.7 Å². The summed E-state index contributed by atoms with van der Waals surface area (Å²) in [6.45, 7) is 7.79. The SMILES string of the molecule is CNc1nc([C@H]2CCN(C(C)=O)C2)nc2c1CCN(Cc1ccc(C)cc1OC)C2. The van der Waals surface area contributed by atoms with Crippen molar-refractivity contribution in [1.82, 2.24) is 19.8 Å². The smallest absolute Gasteiger partial charge is 0.219 e. The normalized spacial score (nSPS) is 18.9. The van der Waals surface area contributed by atoms with Gasteiger partial charge >= 0.3 is 0 Å². The number of hydrogen-bond acceptors (Lipinski definition) is 6. The molecule has 0 unspecified atom stereocenters. The number of hydrogen-bond donors (Lipinski definition) is 1. The number of ether oxygens (including phenoxy) is 1. The van der Waals surface area contributed by atoms with Gasteiger partial charge in [0.05, 0.1) is 12.8 Å². The molecule has 4 rings (SSSR count). The van der Waals surface area contributed by atoms with E-state index in [1.54, 1.807) is 14.0 Å². The first-order valence-electron chi connectivity index (χ1n) is 10.7. The van der Waals surface area contributed by atoms with Crippen LogP contribution in [0.1, 0.15) is 47.5 Å². The third kappa shape index (κ3) is 4.12. The van der Waals surface area contributed by atoms with Gasteiger partial charge in [0.1, 0.15) is 17.4 Å². The van der Waals surface area contributed by atoms with Gasteiger partial charge in [-0.1, -0.05) is 12.1 Å². The minimum Gasteiger partial charge on any atom is -0.496 e. The van der Waals surface area contributed by atoms with Crippen molar-refractivity contribution in [3.05, 3.63) is 46.4 Å². The summed E-state index contributed by atoms with van der Waals surface area (Å²) in [5, 5.41) is 3.27. The second-order valence-electron chi connectivity index (χ2n) is 8.33. The van der Waals surface area contributed by atoms with E-state index in [2.05, 4.69) is 35.3 Å². The van der Waals surface area contributed by atoms with Crippen LogP contribution >= 0.6 is 0 Å². The Bertz CT molecular complexity index is 945. The van der Waals surface area contributed by atoms with Crippen LogP contribution in [-0.4, -0.2) is 59.5 Å². The highest BCUT2D eigenvalue weighted by molar-refractivity contribution is 5.73. The topological polar surface area (TPSA) is 70.6 Å². The van der Waals surface area contributed by atoms with E-state index < -0.39 is 0 Å². The van der Waals surface area contributed by atoms with Gasteiger partial charge < -0.3 is 15.0 Å². The molecule has 1 aromatic carbocycles. The molecule has 1 N–H and O–H groups in total. The number of carbonyl (C=O) groups is 1. The molecule has 0 spiro atoms. The number of nitrogens with one attached hydrogen (secondary N) is 1. The molecule has 0 aliphatic carbocycles. The summed E-state index contributed by atoms with van der Waals surface area (Å²) in [6.07, 6.45) is 1.84. The summed E-state index contributed by atoms with van der Waals surface area (Å²) in [5.41, 5.74) is 4.71. The lowest BCUT2D eigenvalue weighted by Crippen LogP contribution is -2.32. The Balaban J connectivity index is 1.56. The maximum absolute atomic E-state index is 11.7. The van der Waals surface area contributed by atoms with Gasteiger partial charge in [-0.3, -0.25) is 9.69 Å². The Labute approximate surface area is 178 Å². The average molecular weight is 410 g/mol. The van der Waals surface area contributed by atoms with Crippen LogP contribution in [0.4, 0.5) is 5.82 Å². The number of fused-ring (bicyclic) bond motifs is 1. The molecular weight excluding hydrogens is 378 g/mol. The molecule has 0 saturated carbocycles. The Morgan fingerprint density at radius 1 is 1.30 bits per heavy atom. The maximum atomic E-state index is 11.7. The van der Waals surface area contributed by atoms with Gasteiger partial charge in [0.25, 0.3) is 0 Å². The Morgan fingerprint density at radius 2 is 2.13 bits per heavy atom. The molecule has 30 heavy (non-hydrogen) atoms. The van der Waals surface area contributed by atoms with Crippen LogP contribution in [0.2, 0.25) is 0 Å². The molecule has 7 nitrogen and oxygen atoms in total. The van der Waals surface area contributed by atoms with E-state index in [-0.39, 0.29) is 11.8 Å². The molecule has 160 valence electrons. The Morgan fingerprint density at radius 3 is 2.83 bits per heavy atom. The fourth-order valence-electron chi connectivity index (χ4n) is 4.51. The van der Waals surface area contributed by atoms with Gasteiger partial charge in [-0.15, -0.1) is 0 Å². The molecule has 2 aliphatic rings. The van der Waals surface area contributed by atoms with Gasteiger partial charge in [-0.2, -0.15) is 0 Å². The van der Waals surface area contributed by atoms with Crippen molar-refractivity contribution in [3.63, 3.8) is 0 Å². The summed E-state index contributed by atoms with van der Waals surface area (Å²) in [7, 11) is 3.65. The van der Waals surface area contributed by atoms with Crippen LogP contribution in [0.5, 0.6) is 5.75 Å². The fourth-order valence-corrected chi connectivity index (χ4v) is 4.51. The minimum atomic E-state index is 0.127. The molecule has 2 aromatic rings. The number of carbonyl (C=O) groups excluding carboxylic acids is 1. The molecule has 3 heterocycles. The average Bonchev–Trinajstić information content (AvgIpc) is 3.24. The van der Waals surface area contributed by atoms with Crippen LogP contribution < -0.4 is 10.1 Å². The van der Waals surface area contributed by atoms with Crippen LogP contribution in [0, 0.1) is 6.92 Å². The van der Waals surface area contributed by atoms with Crippen molar-refractivity contribution in [3.8, 4) is 5.75 Å². The van der Waals surface area contributed by atoms with Gasteiger partial charge in [0, 0.05) is 63.7 Å². The van der Waals surface area contributed by atoms with Gasteiger partial charge in [-0.05, 0) is 31.4 Å². The number of aryl methyl sites for hydroxylation is 1. The van der Waals surface area contributed by atoms with Crippen molar-refractivity contribution in [1.29, 1.82) is 0 Å². The van der Waals surface area contributed by atoms with Crippen molar-refractivity contribution in [2.45, 2.75) is 45.7 Å². The quantitative estimate of drug-likeness (QED) is 0.819. The molecule has 0 bridgehead atoms. The lowest BCUT2D eigenvalue weighted by molar-refractivity contribution is -0.127. The molecule has 1 saturated heterocycles. The number of anilines is 1. The van der Waals surface area contributed by atoms with E-state index in [9.17, 15) is 4.79 Å². The van der Waals surface area contributed by atoms with Crippen molar-refractivity contribution < 1.29 is 9.53 Å². The van der Waals surface area contributed by atoms with Crippen LogP contribution in [0.15, 0.2) is 18.2 Å². The van der Waals surface area contributed by atoms with Crippen LogP contribution in [-0.2, 0) is 24.3 Å². The predicted octanol–water partition coefficient (Wildman–Crippen LogP) is 2.73. The Hall–Kier alpha value is -2.67. The highest BCUT2D eigenvalue weighted by Gasteiger charge is 2.30. The number of nitrogens with zero attached hydrogens (tertiary/aromatic N) is 4.